The Hall–Kier alpha value is -2.00. The lowest BCUT2D eigenvalue weighted by molar-refractivity contribution is -0.384. The van der Waals surface area contributed by atoms with Gasteiger partial charge in [-0.2, -0.15) is 4.98 Å². The molecule has 21 heavy (non-hydrogen) atoms. The summed E-state index contributed by atoms with van der Waals surface area (Å²) < 4.78 is 30.2. The highest BCUT2D eigenvalue weighted by atomic mass is 32.2. The number of hydrogen-bond donors (Lipinski definition) is 1. The third kappa shape index (κ3) is 2.49. The van der Waals surface area contributed by atoms with Crippen molar-refractivity contribution in [2.24, 2.45) is 0 Å². The molecule has 1 aromatic carbocycles. The molecule has 1 unspecified atom stereocenters. The number of fused-ring (bicyclic) bond motifs is 1. The van der Waals surface area contributed by atoms with E-state index < -0.39 is 20.0 Å². The third-order valence-corrected chi connectivity index (χ3v) is 5.44. The maximum Gasteiger partial charge on any atom is 0.316 e. The van der Waals surface area contributed by atoms with Crippen molar-refractivity contribution in [1.82, 2.24) is 10.3 Å². The number of nitro benzene ring substituents is 1. The van der Waals surface area contributed by atoms with Crippen LogP contribution in [0.1, 0.15) is 12.8 Å². The standard InChI is InChI=1S/C12H13N3O5S/c16-15(17)8-3-4-11-10(6-8)14-12(20-11)21(18,19)9-2-1-5-13-7-9/h3-4,6,9,13H,1-2,5,7H2. The maximum absolute atomic E-state index is 12.4. The Morgan fingerprint density at radius 2 is 2.24 bits per heavy atom. The number of piperidine rings is 1. The van der Waals surface area contributed by atoms with Crippen LogP contribution >= 0.6 is 0 Å². The lowest BCUT2D eigenvalue weighted by Crippen LogP contribution is -2.38. The van der Waals surface area contributed by atoms with Gasteiger partial charge in [0.15, 0.2) is 5.58 Å². The summed E-state index contributed by atoms with van der Waals surface area (Å²) in [4.78, 5) is 14.1. The van der Waals surface area contributed by atoms with Crippen molar-refractivity contribution in [1.29, 1.82) is 0 Å². The van der Waals surface area contributed by atoms with E-state index in [1.54, 1.807) is 0 Å². The topological polar surface area (TPSA) is 115 Å². The first-order chi connectivity index (χ1) is 9.98. The second kappa shape index (κ2) is 5.08. The van der Waals surface area contributed by atoms with Crippen molar-refractivity contribution in [2.75, 3.05) is 13.1 Å². The SMILES string of the molecule is O=[N+]([O-])c1ccc2oc(S(=O)(=O)C3CCCNC3)nc2c1. The lowest BCUT2D eigenvalue weighted by Gasteiger charge is -2.20. The molecule has 2 aromatic rings. The number of rotatable bonds is 3. The van der Waals surface area contributed by atoms with Crippen molar-refractivity contribution in [2.45, 2.75) is 23.3 Å². The maximum atomic E-state index is 12.4. The number of nitro groups is 1. The normalized spacial score (nSPS) is 19.7. The number of aromatic nitrogens is 1. The molecule has 112 valence electrons. The van der Waals surface area contributed by atoms with Crippen LogP contribution in [-0.2, 0) is 9.84 Å². The van der Waals surface area contributed by atoms with Crippen molar-refractivity contribution in [3.8, 4) is 0 Å². The van der Waals surface area contributed by atoms with Crippen LogP contribution in [0.25, 0.3) is 11.1 Å². The van der Waals surface area contributed by atoms with Gasteiger partial charge in [-0.05, 0) is 25.5 Å². The Kier molecular flexibility index (Phi) is 3.38. The van der Waals surface area contributed by atoms with E-state index in [0.717, 1.165) is 13.0 Å². The van der Waals surface area contributed by atoms with Gasteiger partial charge in [-0.3, -0.25) is 10.1 Å². The molecule has 0 radical (unpaired) electrons. The summed E-state index contributed by atoms with van der Waals surface area (Å²) in [6.07, 6.45) is 1.32. The van der Waals surface area contributed by atoms with E-state index in [1.165, 1.54) is 18.2 Å². The van der Waals surface area contributed by atoms with E-state index in [1.807, 2.05) is 0 Å². The molecule has 9 heteroatoms. The predicted octanol–water partition coefficient (Wildman–Crippen LogP) is 1.26. The number of oxazole rings is 1. The zero-order chi connectivity index (χ0) is 15.0. The van der Waals surface area contributed by atoms with Gasteiger partial charge in [0.2, 0.25) is 9.84 Å². The summed E-state index contributed by atoms with van der Waals surface area (Å²) in [5.41, 5.74) is 0.244. The average molecular weight is 311 g/mol. The quantitative estimate of drug-likeness (QED) is 0.670. The fourth-order valence-corrected chi connectivity index (χ4v) is 3.89. The van der Waals surface area contributed by atoms with Gasteiger partial charge in [0.1, 0.15) is 5.52 Å². The third-order valence-electron chi connectivity index (χ3n) is 3.50. The predicted molar refractivity (Wildman–Crippen MR) is 73.7 cm³/mol. The Bertz CT molecular complexity index is 792. The summed E-state index contributed by atoms with van der Waals surface area (Å²) >= 11 is 0. The number of nitrogens with one attached hydrogen (secondary N) is 1. The van der Waals surface area contributed by atoms with Crippen LogP contribution in [0.4, 0.5) is 5.69 Å². The molecular formula is C12H13N3O5S. The Morgan fingerprint density at radius 3 is 2.90 bits per heavy atom. The van der Waals surface area contributed by atoms with Gasteiger partial charge < -0.3 is 9.73 Å². The minimum Gasteiger partial charge on any atom is -0.428 e. The molecule has 1 saturated heterocycles. The van der Waals surface area contributed by atoms with Gasteiger partial charge in [0, 0.05) is 18.7 Å². The monoisotopic (exact) mass is 311 g/mol. The first-order valence-electron chi connectivity index (χ1n) is 6.48. The zero-order valence-electron chi connectivity index (χ0n) is 11.0. The van der Waals surface area contributed by atoms with E-state index in [0.29, 0.717) is 13.0 Å². The Labute approximate surface area is 120 Å². The Balaban J connectivity index is 2.02. The molecule has 8 nitrogen and oxygen atoms in total. The lowest BCUT2D eigenvalue weighted by atomic mass is 10.2. The summed E-state index contributed by atoms with van der Waals surface area (Å²) in [5, 5.41) is 12.8. The molecule has 1 aromatic heterocycles. The average Bonchev–Trinajstić information content (AvgIpc) is 2.91. The van der Waals surface area contributed by atoms with Crippen LogP contribution in [0.2, 0.25) is 0 Å². The molecule has 0 spiro atoms. The molecule has 0 aliphatic carbocycles. The second-order valence-electron chi connectivity index (χ2n) is 4.90. The highest BCUT2D eigenvalue weighted by Crippen LogP contribution is 2.26. The van der Waals surface area contributed by atoms with E-state index >= 15 is 0 Å². The molecule has 0 saturated carbocycles. The van der Waals surface area contributed by atoms with Gasteiger partial charge in [-0.15, -0.1) is 0 Å². The molecule has 1 N–H and O–H groups in total. The van der Waals surface area contributed by atoms with E-state index in [9.17, 15) is 18.5 Å². The second-order valence-corrected chi connectivity index (χ2v) is 7.01. The first kappa shape index (κ1) is 14.0. The van der Waals surface area contributed by atoms with Gasteiger partial charge >= 0.3 is 5.22 Å². The summed E-state index contributed by atoms with van der Waals surface area (Å²) in [6.45, 7) is 1.16. The van der Waals surface area contributed by atoms with E-state index in [4.69, 9.17) is 4.42 Å². The van der Waals surface area contributed by atoms with Crippen LogP contribution < -0.4 is 5.32 Å². The zero-order valence-corrected chi connectivity index (χ0v) is 11.8. The molecule has 1 atom stereocenters. The highest BCUT2D eigenvalue weighted by Gasteiger charge is 2.33. The highest BCUT2D eigenvalue weighted by molar-refractivity contribution is 7.91. The fourth-order valence-electron chi connectivity index (χ4n) is 2.36. The van der Waals surface area contributed by atoms with Gasteiger partial charge in [-0.1, -0.05) is 0 Å². The van der Waals surface area contributed by atoms with Gasteiger partial charge in [0.05, 0.1) is 10.2 Å². The molecule has 0 bridgehead atoms. The summed E-state index contributed by atoms with van der Waals surface area (Å²) in [6, 6.07) is 3.82. The molecule has 1 aliphatic heterocycles. The van der Waals surface area contributed by atoms with Crippen molar-refractivity contribution < 1.29 is 17.8 Å². The van der Waals surface area contributed by atoms with Gasteiger partial charge in [0.25, 0.3) is 5.69 Å². The summed E-state index contributed by atoms with van der Waals surface area (Å²) in [7, 11) is -3.67. The van der Waals surface area contributed by atoms with Crippen molar-refractivity contribution in [3.05, 3.63) is 28.3 Å². The summed E-state index contributed by atoms with van der Waals surface area (Å²) in [5.74, 6) is 0. The largest absolute Gasteiger partial charge is 0.428 e. The van der Waals surface area contributed by atoms with E-state index in [2.05, 4.69) is 10.3 Å². The van der Waals surface area contributed by atoms with Crippen LogP contribution in [0.5, 0.6) is 0 Å². The number of nitrogens with zero attached hydrogens (tertiary/aromatic N) is 2. The minimum absolute atomic E-state index is 0.154. The van der Waals surface area contributed by atoms with Gasteiger partial charge in [-0.25, -0.2) is 8.42 Å². The van der Waals surface area contributed by atoms with Crippen LogP contribution in [0, 0.1) is 10.1 Å². The van der Waals surface area contributed by atoms with Crippen molar-refractivity contribution >= 4 is 26.6 Å². The van der Waals surface area contributed by atoms with Crippen LogP contribution in [0.3, 0.4) is 0 Å². The number of non-ortho nitro benzene ring substituents is 1. The smallest absolute Gasteiger partial charge is 0.316 e. The first-order valence-corrected chi connectivity index (χ1v) is 8.03. The fraction of sp³-hybridized carbons (Fsp3) is 0.417. The molecule has 2 heterocycles. The van der Waals surface area contributed by atoms with Crippen molar-refractivity contribution in [3.63, 3.8) is 0 Å². The molecule has 0 amide bonds. The Morgan fingerprint density at radius 1 is 1.43 bits per heavy atom. The molecule has 1 fully saturated rings. The molecule has 1 aliphatic rings. The number of sulfone groups is 1. The molecule has 3 rings (SSSR count). The minimum atomic E-state index is -3.67. The molecular weight excluding hydrogens is 298 g/mol. The van der Waals surface area contributed by atoms with Crippen LogP contribution in [0.15, 0.2) is 27.8 Å². The van der Waals surface area contributed by atoms with Crippen LogP contribution in [-0.4, -0.2) is 36.7 Å². The number of hydrogen-bond acceptors (Lipinski definition) is 7. The van der Waals surface area contributed by atoms with E-state index in [-0.39, 0.29) is 22.0 Å². The number of benzene rings is 1.